The molecule has 3 aromatic rings. The number of likely N-dealkylation sites (tertiary alicyclic amines) is 1. The van der Waals surface area contributed by atoms with Crippen LogP contribution < -0.4 is 10.5 Å². The molecule has 1 atom stereocenters. The molecule has 4 rings (SSSR count). The Morgan fingerprint density at radius 1 is 1.33 bits per heavy atom. The van der Waals surface area contributed by atoms with Gasteiger partial charge in [-0.2, -0.15) is 0 Å². The van der Waals surface area contributed by atoms with Gasteiger partial charge in [0.2, 0.25) is 11.4 Å². The molecule has 1 aliphatic heterocycles. The van der Waals surface area contributed by atoms with E-state index < -0.39 is 17.4 Å². The van der Waals surface area contributed by atoms with Gasteiger partial charge >= 0.3 is 0 Å². The lowest BCUT2D eigenvalue weighted by Crippen LogP contribution is -2.37. The fourth-order valence-corrected chi connectivity index (χ4v) is 3.46. The molecule has 0 radical (unpaired) electrons. The van der Waals surface area contributed by atoms with Crippen LogP contribution in [0.25, 0.3) is 16.8 Å². The predicted octanol–water partition coefficient (Wildman–Crippen LogP) is 1.05. The molecule has 30 heavy (non-hydrogen) atoms. The maximum absolute atomic E-state index is 12.1. The Morgan fingerprint density at radius 3 is 2.80 bits per heavy atom. The van der Waals surface area contributed by atoms with Crippen molar-refractivity contribution < 1.29 is 19.4 Å². The zero-order chi connectivity index (χ0) is 21.5. The smallest absolute Gasteiger partial charge is 0.285 e. The van der Waals surface area contributed by atoms with Crippen LogP contribution in [0.1, 0.15) is 22.6 Å². The fourth-order valence-electron chi connectivity index (χ4n) is 3.46. The number of methoxy groups -OCH3 is 1. The van der Waals surface area contributed by atoms with Gasteiger partial charge in [0.05, 0.1) is 24.5 Å². The number of carbonyl (C=O) groups excluding carboxylic acids is 2. The van der Waals surface area contributed by atoms with E-state index in [-0.39, 0.29) is 12.2 Å². The van der Waals surface area contributed by atoms with Crippen molar-refractivity contribution in [2.24, 2.45) is 5.73 Å². The third-order valence-corrected chi connectivity index (χ3v) is 5.13. The van der Waals surface area contributed by atoms with Crippen molar-refractivity contribution >= 4 is 17.3 Å². The van der Waals surface area contributed by atoms with E-state index in [1.165, 1.54) is 12.0 Å². The average molecular weight is 404 g/mol. The summed E-state index contributed by atoms with van der Waals surface area (Å²) in [6.07, 6.45) is 1.91. The third kappa shape index (κ3) is 3.25. The largest absolute Gasteiger partial charge is 0.495 e. The summed E-state index contributed by atoms with van der Waals surface area (Å²) in [6, 6.07) is 10.8. The monoisotopic (exact) mass is 404 g/mol. The summed E-state index contributed by atoms with van der Waals surface area (Å²) in [4.78, 5) is 29.9. The van der Waals surface area contributed by atoms with Crippen LogP contribution >= 0.6 is 0 Å². The molecule has 1 fully saturated rings. The van der Waals surface area contributed by atoms with Gasteiger partial charge in [-0.15, -0.1) is 0 Å². The highest BCUT2D eigenvalue weighted by molar-refractivity contribution is 5.93. The first-order valence-electron chi connectivity index (χ1n) is 9.30. The zero-order valence-corrected chi connectivity index (χ0v) is 16.5. The first-order valence-corrected chi connectivity index (χ1v) is 9.30. The molecule has 2 amide bonds. The van der Waals surface area contributed by atoms with Gasteiger partial charge in [-0.05, 0) is 24.3 Å². The topological polar surface area (TPSA) is 110 Å². The number of imidazole rings is 1. The van der Waals surface area contributed by atoms with Gasteiger partial charge in [0.1, 0.15) is 5.75 Å². The Kier molecular flexibility index (Phi) is 4.68. The zero-order valence-electron chi connectivity index (χ0n) is 16.5. The van der Waals surface area contributed by atoms with E-state index in [9.17, 15) is 14.7 Å². The number of nitrogens with zero attached hydrogens (tertiary/aromatic N) is 3. The second-order valence-corrected chi connectivity index (χ2v) is 7.14. The van der Waals surface area contributed by atoms with Gasteiger partial charge in [-0.25, -0.2) is 4.98 Å². The molecule has 0 bridgehead atoms. The summed E-state index contributed by atoms with van der Waals surface area (Å²) >= 11 is 0. The number of pyridine rings is 1. The Balaban J connectivity index is 1.77. The van der Waals surface area contributed by atoms with E-state index in [0.29, 0.717) is 29.1 Å². The van der Waals surface area contributed by atoms with Crippen molar-refractivity contribution in [2.75, 3.05) is 20.7 Å². The number of nitrogens with two attached hydrogens (primary N) is 1. The van der Waals surface area contributed by atoms with Crippen LogP contribution in [0.2, 0.25) is 0 Å². The van der Waals surface area contributed by atoms with Crippen molar-refractivity contribution in [2.45, 2.75) is 12.0 Å². The molecule has 2 aromatic heterocycles. The summed E-state index contributed by atoms with van der Waals surface area (Å²) in [5.41, 5.74) is 6.41. The number of aromatic nitrogens is 2. The first kappa shape index (κ1) is 19.5. The number of likely N-dealkylation sites (N-methyl/N-ethyl adjacent to an activating group) is 1. The second-order valence-electron chi connectivity index (χ2n) is 7.14. The highest BCUT2D eigenvalue weighted by Crippen LogP contribution is 2.28. The SMILES string of the molecule is COc1ccc2c(-c3cccc(C#C[C@]4(O)CCN(C)C4=O)c3)nc(C(N)=O)n2c1. The van der Waals surface area contributed by atoms with Crippen LogP contribution in [0.15, 0.2) is 42.6 Å². The summed E-state index contributed by atoms with van der Waals surface area (Å²) in [6.45, 7) is 0.462. The van der Waals surface area contributed by atoms with Crippen molar-refractivity contribution in [3.8, 4) is 28.8 Å². The van der Waals surface area contributed by atoms with Crippen molar-refractivity contribution in [3.05, 3.63) is 54.0 Å². The molecule has 8 heteroatoms. The lowest BCUT2D eigenvalue weighted by atomic mass is 10.0. The number of carbonyl (C=O) groups is 2. The van der Waals surface area contributed by atoms with Crippen LogP contribution in [0.5, 0.6) is 5.75 Å². The molecule has 0 unspecified atom stereocenters. The summed E-state index contributed by atoms with van der Waals surface area (Å²) in [7, 11) is 3.17. The van der Waals surface area contributed by atoms with E-state index in [0.717, 1.165) is 5.56 Å². The van der Waals surface area contributed by atoms with E-state index in [2.05, 4.69) is 16.8 Å². The third-order valence-electron chi connectivity index (χ3n) is 5.13. The quantitative estimate of drug-likeness (QED) is 0.634. The number of amides is 2. The second kappa shape index (κ2) is 7.21. The number of primary amides is 1. The Hall–Kier alpha value is -3.83. The molecule has 1 aliphatic rings. The van der Waals surface area contributed by atoms with Crippen molar-refractivity contribution in [3.63, 3.8) is 0 Å². The Labute approximate surface area is 172 Å². The molecule has 0 spiro atoms. The molecular weight excluding hydrogens is 384 g/mol. The molecule has 1 saturated heterocycles. The highest BCUT2D eigenvalue weighted by atomic mass is 16.5. The van der Waals surface area contributed by atoms with Gasteiger partial charge in [-0.3, -0.25) is 14.0 Å². The van der Waals surface area contributed by atoms with Crippen LogP contribution in [0.4, 0.5) is 0 Å². The van der Waals surface area contributed by atoms with Gasteiger partial charge in [0.15, 0.2) is 0 Å². The van der Waals surface area contributed by atoms with Crippen LogP contribution in [-0.2, 0) is 4.79 Å². The van der Waals surface area contributed by atoms with Gasteiger partial charge in [0.25, 0.3) is 11.8 Å². The molecule has 0 saturated carbocycles. The molecule has 3 heterocycles. The van der Waals surface area contributed by atoms with Crippen LogP contribution in [0, 0.1) is 11.8 Å². The van der Waals surface area contributed by atoms with Crippen molar-refractivity contribution in [1.29, 1.82) is 0 Å². The normalized spacial score (nSPS) is 18.4. The molecule has 0 aliphatic carbocycles. The maximum atomic E-state index is 12.1. The van der Waals surface area contributed by atoms with E-state index >= 15 is 0 Å². The number of hydrogen-bond donors (Lipinski definition) is 2. The number of fused-ring (bicyclic) bond motifs is 1. The number of benzene rings is 1. The van der Waals surface area contributed by atoms with E-state index in [4.69, 9.17) is 10.5 Å². The van der Waals surface area contributed by atoms with Crippen LogP contribution in [0.3, 0.4) is 0 Å². The number of hydrogen-bond acceptors (Lipinski definition) is 5. The molecule has 152 valence electrons. The molecule has 8 nitrogen and oxygen atoms in total. The van der Waals surface area contributed by atoms with E-state index in [1.54, 1.807) is 48.0 Å². The summed E-state index contributed by atoms with van der Waals surface area (Å²) < 4.78 is 6.81. The maximum Gasteiger partial charge on any atom is 0.285 e. The minimum atomic E-state index is -1.67. The Morgan fingerprint density at radius 2 is 2.13 bits per heavy atom. The highest BCUT2D eigenvalue weighted by Gasteiger charge is 2.42. The number of ether oxygens (including phenoxy) is 1. The summed E-state index contributed by atoms with van der Waals surface area (Å²) in [5, 5.41) is 10.5. The van der Waals surface area contributed by atoms with Crippen molar-refractivity contribution in [1.82, 2.24) is 14.3 Å². The molecule has 3 N–H and O–H groups in total. The van der Waals surface area contributed by atoms with Gasteiger partial charge < -0.3 is 20.5 Å². The lowest BCUT2D eigenvalue weighted by Gasteiger charge is -2.13. The minimum absolute atomic E-state index is 0.0873. The van der Waals surface area contributed by atoms with Gasteiger partial charge in [0, 0.05) is 31.1 Å². The Bertz CT molecular complexity index is 1240. The lowest BCUT2D eigenvalue weighted by molar-refractivity contribution is -0.137. The molecule has 1 aromatic carbocycles. The van der Waals surface area contributed by atoms with E-state index in [1.807, 2.05) is 6.07 Å². The fraction of sp³-hybridized carbons (Fsp3) is 0.227. The number of rotatable bonds is 3. The molecular formula is C22H20N4O4. The first-order chi connectivity index (χ1) is 14.3. The summed E-state index contributed by atoms with van der Waals surface area (Å²) in [5.74, 6) is 5.19. The standard InChI is InChI=1S/C22H20N4O4/c1-25-11-10-22(29,21(25)28)9-8-14-4-3-5-15(12-14)18-17-7-6-16(30-2)13-26(17)20(24-18)19(23)27/h3-7,12-13,29H,10-11H2,1-2H3,(H2,23,27)/t22-/m0/s1. The minimum Gasteiger partial charge on any atom is -0.495 e. The number of aliphatic hydroxyl groups is 1. The predicted molar refractivity (Wildman–Crippen MR) is 110 cm³/mol. The average Bonchev–Trinajstić information content (AvgIpc) is 3.26. The van der Waals surface area contributed by atoms with Crippen LogP contribution in [-0.4, -0.2) is 57.5 Å². The van der Waals surface area contributed by atoms with Gasteiger partial charge in [-0.1, -0.05) is 24.0 Å².